The van der Waals surface area contributed by atoms with Gasteiger partial charge in [0.2, 0.25) is 0 Å². The van der Waals surface area contributed by atoms with Gasteiger partial charge in [0, 0.05) is 13.1 Å². The predicted octanol–water partition coefficient (Wildman–Crippen LogP) is 1.78. The summed E-state index contributed by atoms with van der Waals surface area (Å²) in [6.45, 7) is 6.72. The number of hydrogen-bond acceptors (Lipinski definition) is 2. The minimum Gasteiger partial charge on any atom is -0.319 e. The fourth-order valence-electron chi connectivity index (χ4n) is 2.17. The van der Waals surface area contributed by atoms with E-state index >= 15 is 0 Å². The summed E-state index contributed by atoms with van der Waals surface area (Å²) in [5.41, 5.74) is 4.51. The van der Waals surface area contributed by atoms with E-state index in [0.717, 1.165) is 32.6 Å². The molecule has 2 nitrogen and oxygen atoms in total. The summed E-state index contributed by atoms with van der Waals surface area (Å²) in [5.74, 6) is 0. The van der Waals surface area contributed by atoms with Crippen molar-refractivity contribution in [3.05, 3.63) is 34.9 Å². The first-order chi connectivity index (χ1) is 7.33. The molecule has 0 spiro atoms. The third-order valence-corrected chi connectivity index (χ3v) is 3.17. The van der Waals surface area contributed by atoms with E-state index in [-0.39, 0.29) is 0 Å². The predicted molar refractivity (Wildman–Crippen MR) is 63.9 cm³/mol. The van der Waals surface area contributed by atoms with Gasteiger partial charge in [-0.3, -0.25) is 4.90 Å². The summed E-state index contributed by atoms with van der Waals surface area (Å²) >= 11 is 0. The van der Waals surface area contributed by atoms with Gasteiger partial charge in [-0.2, -0.15) is 0 Å². The minimum absolute atomic E-state index is 1.07. The number of fused-ring (bicyclic) bond motifs is 1. The van der Waals surface area contributed by atoms with Crippen molar-refractivity contribution in [1.82, 2.24) is 10.2 Å². The number of benzene rings is 1. The molecule has 0 aliphatic carbocycles. The van der Waals surface area contributed by atoms with Crippen molar-refractivity contribution in [2.75, 3.05) is 20.1 Å². The molecule has 0 unspecified atom stereocenters. The number of rotatable bonds is 4. The lowest BCUT2D eigenvalue weighted by molar-refractivity contribution is 0.301. The second-order valence-electron chi connectivity index (χ2n) is 4.26. The van der Waals surface area contributed by atoms with Gasteiger partial charge in [0.05, 0.1) is 0 Å². The summed E-state index contributed by atoms with van der Waals surface area (Å²) in [6, 6.07) is 6.95. The molecule has 1 aliphatic heterocycles. The maximum absolute atomic E-state index is 3.19. The Kier molecular flexibility index (Phi) is 3.39. The van der Waals surface area contributed by atoms with Gasteiger partial charge in [-0.25, -0.2) is 0 Å². The van der Waals surface area contributed by atoms with Crippen LogP contribution < -0.4 is 5.32 Å². The molecule has 0 bridgehead atoms. The Morgan fingerprint density at radius 2 is 2.07 bits per heavy atom. The lowest BCUT2D eigenvalue weighted by Crippen LogP contribution is -2.14. The van der Waals surface area contributed by atoms with E-state index in [9.17, 15) is 0 Å². The highest BCUT2D eigenvalue weighted by Gasteiger charge is 2.16. The molecule has 0 aromatic heterocycles. The van der Waals surface area contributed by atoms with E-state index in [0.29, 0.717) is 0 Å². The maximum atomic E-state index is 3.19. The van der Waals surface area contributed by atoms with Gasteiger partial charge in [0.15, 0.2) is 0 Å². The third kappa shape index (κ3) is 2.39. The van der Waals surface area contributed by atoms with Gasteiger partial charge in [-0.15, -0.1) is 0 Å². The van der Waals surface area contributed by atoms with Crippen LogP contribution in [0.4, 0.5) is 0 Å². The largest absolute Gasteiger partial charge is 0.319 e. The highest BCUT2D eigenvalue weighted by molar-refractivity contribution is 5.34. The average molecular weight is 204 g/mol. The molecule has 0 atom stereocenters. The molecule has 0 saturated heterocycles. The van der Waals surface area contributed by atoms with Crippen LogP contribution in [0, 0.1) is 0 Å². The smallest absolute Gasteiger partial charge is 0.0240 e. The first-order valence-corrected chi connectivity index (χ1v) is 5.81. The minimum atomic E-state index is 1.07. The van der Waals surface area contributed by atoms with Crippen LogP contribution in [0.3, 0.4) is 0 Å². The zero-order valence-corrected chi connectivity index (χ0v) is 9.71. The van der Waals surface area contributed by atoms with Crippen molar-refractivity contribution in [3.8, 4) is 0 Å². The van der Waals surface area contributed by atoms with E-state index in [2.05, 4.69) is 35.3 Å². The van der Waals surface area contributed by atoms with E-state index < -0.39 is 0 Å². The van der Waals surface area contributed by atoms with Crippen molar-refractivity contribution in [3.63, 3.8) is 0 Å². The Morgan fingerprint density at radius 3 is 2.80 bits per heavy atom. The van der Waals surface area contributed by atoms with E-state index in [1.165, 1.54) is 16.7 Å². The standard InChI is InChI=1S/C13H20N2/c1-3-15-9-12-5-4-11(6-7-14-2)8-13(12)10-15/h4-5,8,14H,3,6-7,9-10H2,1-2H3. The fraction of sp³-hybridized carbons (Fsp3) is 0.538. The van der Waals surface area contributed by atoms with Crippen molar-refractivity contribution < 1.29 is 0 Å². The zero-order valence-electron chi connectivity index (χ0n) is 9.71. The fourth-order valence-corrected chi connectivity index (χ4v) is 2.17. The van der Waals surface area contributed by atoms with Gasteiger partial charge in [0.25, 0.3) is 0 Å². The van der Waals surface area contributed by atoms with Crippen molar-refractivity contribution in [2.24, 2.45) is 0 Å². The lowest BCUT2D eigenvalue weighted by Gasteiger charge is -2.09. The molecule has 1 N–H and O–H groups in total. The van der Waals surface area contributed by atoms with Crippen LogP contribution in [-0.2, 0) is 19.5 Å². The summed E-state index contributed by atoms with van der Waals surface area (Å²) in [6.07, 6.45) is 1.13. The number of likely N-dealkylation sites (N-methyl/N-ethyl adjacent to an activating group) is 1. The first kappa shape index (κ1) is 10.7. The van der Waals surface area contributed by atoms with Gasteiger partial charge >= 0.3 is 0 Å². The number of nitrogens with zero attached hydrogens (tertiary/aromatic N) is 1. The summed E-state index contributed by atoms with van der Waals surface area (Å²) in [7, 11) is 2.01. The molecule has 1 aromatic carbocycles. The summed E-state index contributed by atoms with van der Waals surface area (Å²) in [5, 5.41) is 3.19. The summed E-state index contributed by atoms with van der Waals surface area (Å²) < 4.78 is 0. The molecule has 1 aliphatic rings. The van der Waals surface area contributed by atoms with Crippen LogP contribution in [-0.4, -0.2) is 25.0 Å². The number of hydrogen-bond donors (Lipinski definition) is 1. The lowest BCUT2D eigenvalue weighted by atomic mass is 10.0. The van der Waals surface area contributed by atoms with E-state index in [1.54, 1.807) is 0 Å². The van der Waals surface area contributed by atoms with Crippen molar-refractivity contribution >= 4 is 0 Å². The van der Waals surface area contributed by atoms with E-state index in [1.807, 2.05) is 7.05 Å². The first-order valence-electron chi connectivity index (χ1n) is 5.81. The third-order valence-electron chi connectivity index (χ3n) is 3.17. The molecular weight excluding hydrogens is 184 g/mol. The molecule has 2 rings (SSSR count). The quantitative estimate of drug-likeness (QED) is 0.804. The Labute approximate surface area is 92.3 Å². The van der Waals surface area contributed by atoms with Crippen molar-refractivity contribution in [1.29, 1.82) is 0 Å². The molecule has 0 amide bonds. The highest BCUT2D eigenvalue weighted by Crippen LogP contribution is 2.23. The van der Waals surface area contributed by atoms with Crippen LogP contribution in [0.25, 0.3) is 0 Å². The maximum Gasteiger partial charge on any atom is 0.0240 e. The van der Waals surface area contributed by atoms with E-state index in [4.69, 9.17) is 0 Å². The molecule has 0 saturated carbocycles. The number of nitrogens with one attached hydrogen (secondary N) is 1. The normalized spacial score (nSPS) is 15.6. The second kappa shape index (κ2) is 4.77. The van der Waals surface area contributed by atoms with Gasteiger partial charge in [0.1, 0.15) is 0 Å². The van der Waals surface area contributed by atoms with Gasteiger partial charge in [-0.1, -0.05) is 25.1 Å². The molecule has 0 radical (unpaired) electrons. The van der Waals surface area contributed by atoms with Crippen LogP contribution in [0.2, 0.25) is 0 Å². The molecule has 2 heteroatoms. The Bertz CT molecular complexity index is 333. The average Bonchev–Trinajstić information content (AvgIpc) is 2.68. The molecule has 82 valence electrons. The molecule has 15 heavy (non-hydrogen) atoms. The Morgan fingerprint density at radius 1 is 1.27 bits per heavy atom. The van der Waals surface area contributed by atoms with Crippen LogP contribution >= 0.6 is 0 Å². The topological polar surface area (TPSA) is 15.3 Å². The Balaban J connectivity index is 2.08. The zero-order chi connectivity index (χ0) is 10.7. The molecular formula is C13H20N2. The molecule has 1 aromatic rings. The highest BCUT2D eigenvalue weighted by atomic mass is 15.1. The van der Waals surface area contributed by atoms with Gasteiger partial charge < -0.3 is 5.32 Å². The SMILES string of the molecule is CCN1Cc2ccc(CCNC)cc2C1. The second-order valence-corrected chi connectivity index (χ2v) is 4.26. The van der Waals surface area contributed by atoms with Crippen LogP contribution in [0.5, 0.6) is 0 Å². The van der Waals surface area contributed by atoms with Crippen LogP contribution in [0.1, 0.15) is 23.6 Å². The molecule has 0 fully saturated rings. The molecule has 1 heterocycles. The Hall–Kier alpha value is -0.860. The van der Waals surface area contributed by atoms with Gasteiger partial charge in [-0.05, 0) is 43.2 Å². The van der Waals surface area contributed by atoms with Crippen LogP contribution in [0.15, 0.2) is 18.2 Å². The summed E-state index contributed by atoms with van der Waals surface area (Å²) in [4.78, 5) is 2.48. The monoisotopic (exact) mass is 204 g/mol. The van der Waals surface area contributed by atoms with Crippen molar-refractivity contribution in [2.45, 2.75) is 26.4 Å².